The number of carbonyl (C=O) groups excluding carboxylic acids is 1. The van der Waals surface area contributed by atoms with E-state index in [2.05, 4.69) is 15.4 Å². The molecule has 6 nitrogen and oxygen atoms in total. The highest BCUT2D eigenvalue weighted by molar-refractivity contribution is 6.33. The second-order valence-electron chi connectivity index (χ2n) is 6.37. The van der Waals surface area contributed by atoms with Crippen molar-refractivity contribution in [1.82, 2.24) is 20.1 Å². The first kappa shape index (κ1) is 16.8. The zero-order valence-electron chi connectivity index (χ0n) is 14.4. The van der Waals surface area contributed by atoms with Crippen LogP contribution in [0.4, 0.5) is 0 Å². The summed E-state index contributed by atoms with van der Waals surface area (Å²) in [6, 6.07) is 10.7. The average molecular weight is 371 g/mol. The molecule has 1 amide bonds. The lowest BCUT2D eigenvalue weighted by molar-refractivity contribution is 0.0901. The smallest absolute Gasteiger partial charge is 0.287 e. The maximum atomic E-state index is 12.7. The Balaban J connectivity index is 1.55. The van der Waals surface area contributed by atoms with Crippen LogP contribution in [0.2, 0.25) is 5.02 Å². The molecule has 1 saturated carbocycles. The number of hydrogen-bond acceptors (Lipinski definition) is 4. The molecule has 134 valence electrons. The van der Waals surface area contributed by atoms with E-state index in [1.165, 1.54) is 6.33 Å². The van der Waals surface area contributed by atoms with Gasteiger partial charge in [-0.15, -0.1) is 0 Å². The number of aryl methyl sites for hydroxylation is 1. The number of amides is 1. The second-order valence-corrected chi connectivity index (χ2v) is 6.77. The first-order chi connectivity index (χ1) is 12.7. The lowest BCUT2D eigenvalue weighted by Gasteiger charge is -2.17. The highest BCUT2D eigenvalue weighted by Gasteiger charge is 2.36. The number of hydrogen-bond donors (Lipinski definition) is 1. The second kappa shape index (κ2) is 6.96. The molecule has 3 aromatic rings. The Bertz CT molecular complexity index is 929. The fraction of sp³-hybridized carbons (Fsp3) is 0.316. The topological polar surface area (TPSA) is 73.0 Å². The van der Waals surface area contributed by atoms with Crippen molar-refractivity contribution in [3.8, 4) is 11.3 Å². The van der Waals surface area contributed by atoms with Crippen LogP contribution in [-0.2, 0) is 6.54 Å². The van der Waals surface area contributed by atoms with Crippen LogP contribution in [0.1, 0.15) is 42.2 Å². The zero-order valence-corrected chi connectivity index (χ0v) is 15.1. The van der Waals surface area contributed by atoms with Gasteiger partial charge in [-0.1, -0.05) is 23.7 Å². The minimum Gasteiger partial charge on any atom is -0.451 e. The molecule has 7 heteroatoms. The van der Waals surface area contributed by atoms with Crippen LogP contribution in [0, 0.1) is 5.92 Å². The van der Waals surface area contributed by atoms with Crippen molar-refractivity contribution >= 4 is 17.5 Å². The van der Waals surface area contributed by atoms with Gasteiger partial charge in [-0.3, -0.25) is 4.79 Å². The largest absolute Gasteiger partial charge is 0.451 e. The third-order valence-corrected chi connectivity index (χ3v) is 4.90. The fourth-order valence-corrected chi connectivity index (χ4v) is 3.29. The number of furan rings is 1. The van der Waals surface area contributed by atoms with Crippen molar-refractivity contribution in [3.63, 3.8) is 0 Å². The van der Waals surface area contributed by atoms with E-state index in [-0.39, 0.29) is 17.7 Å². The third kappa shape index (κ3) is 3.24. The molecule has 0 spiro atoms. The number of rotatable bonds is 6. The van der Waals surface area contributed by atoms with Crippen LogP contribution in [0.5, 0.6) is 0 Å². The molecule has 1 N–H and O–H groups in total. The summed E-state index contributed by atoms with van der Waals surface area (Å²) in [4.78, 5) is 17.1. The Labute approximate surface area is 156 Å². The Morgan fingerprint density at radius 2 is 2.15 bits per heavy atom. The molecule has 26 heavy (non-hydrogen) atoms. The first-order valence-corrected chi connectivity index (χ1v) is 9.08. The van der Waals surface area contributed by atoms with Gasteiger partial charge in [0.05, 0.1) is 11.1 Å². The molecule has 1 aliphatic rings. The molecule has 1 unspecified atom stereocenters. The third-order valence-electron chi connectivity index (χ3n) is 4.57. The molecule has 1 aliphatic carbocycles. The van der Waals surface area contributed by atoms with Gasteiger partial charge in [0, 0.05) is 12.1 Å². The number of nitrogens with one attached hydrogen (secondary N) is 1. The summed E-state index contributed by atoms with van der Waals surface area (Å²) in [5.74, 6) is 1.76. The SMILES string of the molecule is CCn1ncnc1C(NC(=O)c1ccc(-c2ccccc2Cl)o1)C1CC1. The number of aromatic nitrogens is 3. The summed E-state index contributed by atoms with van der Waals surface area (Å²) in [6.45, 7) is 2.72. The van der Waals surface area contributed by atoms with Crippen LogP contribution < -0.4 is 5.32 Å². The molecule has 1 fully saturated rings. The molecule has 0 bridgehead atoms. The van der Waals surface area contributed by atoms with Crippen molar-refractivity contribution in [1.29, 1.82) is 0 Å². The van der Waals surface area contributed by atoms with Gasteiger partial charge in [0.2, 0.25) is 0 Å². The van der Waals surface area contributed by atoms with Crippen LogP contribution in [0.15, 0.2) is 47.1 Å². The molecule has 2 heterocycles. The van der Waals surface area contributed by atoms with Crippen LogP contribution in [0.25, 0.3) is 11.3 Å². The van der Waals surface area contributed by atoms with Crippen molar-refractivity contribution in [3.05, 3.63) is 59.3 Å². The average Bonchev–Trinajstić information content (AvgIpc) is 3.18. The lowest BCUT2D eigenvalue weighted by atomic mass is 10.1. The van der Waals surface area contributed by atoms with Gasteiger partial charge in [0.25, 0.3) is 5.91 Å². The van der Waals surface area contributed by atoms with E-state index >= 15 is 0 Å². The van der Waals surface area contributed by atoms with Crippen LogP contribution >= 0.6 is 11.6 Å². The van der Waals surface area contributed by atoms with E-state index in [0.29, 0.717) is 23.2 Å². The van der Waals surface area contributed by atoms with E-state index in [0.717, 1.165) is 24.2 Å². The summed E-state index contributed by atoms with van der Waals surface area (Å²) < 4.78 is 7.57. The first-order valence-electron chi connectivity index (χ1n) is 8.70. The predicted octanol–water partition coefficient (Wildman–Crippen LogP) is 4.09. The monoisotopic (exact) mass is 370 g/mol. The van der Waals surface area contributed by atoms with E-state index < -0.39 is 0 Å². The zero-order chi connectivity index (χ0) is 18.1. The summed E-state index contributed by atoms with van der Waals surface area (Å²) >= 11 is 6.20. The van der Waals surface area contributed by atoms with Crippen molar-refractivity contribution in [2.24, 2.45) is 5.92 Å². The minimum absolute atomic E-state index is 0.154. The number of halogens is 1. The molecule has 2 aromatic heterocycles. The van der Waals surface area contributed by atoms with Gasteiger partial charge in [0.1, 0.15) is 17.9 Å². The maximum absolute atomic E-state index is 12.7. The van der Waals surface area contributed by atoms with Crippen molar-refractivity contribution < 1.29 is 9.21 Å². The normalized spacial score (nSPS) is 15.0. The standard InChI is InChI=1S/C19H19ClN4O2/c1-2-24-18(21-11-22-24)17(12-7-8-12)23-19(25)16-10-9-15(26-16)13-5-3-4-6-14(13)20/h3-6,9-12,17H,2,7-8H2,1H3,(H,23,25). The predicted molar refractivity (Wildman–Crippen MR) is 97.8 cm³/mol. The van der Waals surface area contributed by atoms with Gasteiger partial charge in [-0.05, 0) is 49.9 Å². The number of carbonyl (C=O) groups is 1. The summed E-state index contributed by atoms with van der Waals surface area (Å²) in [5.41, 5.74) is 0.762. The molecule has 0 radical (unpaired) electrons. The summed E-state index contributed by atoms with van der Waals surface area (Å²) in [5, 5.41) is 7.86. The highest BCUT2D eigenvalue weighted by Crippen LogP contribution is 2.40. The minimum atomic E-state index is -0.258. The molecule has 1 aromatic carbocycles. The van der Waals surface area contributed by atoms with Crippen molar-refractivity contribution in [2.75, 3.05) is 0 Å². The number of nitrogens with zero attached hydrogens (tertiary/aromatic N) is 3. The van der Waals surface area contributed by atoms with E-state index in [1.54, 1.807) is 18.2 Å². The molecular weight excluding hydrogens is 352 g/mol. The van der Waals surface area contributed by atoms with Gasteiger partial charge in [-0.2, -0.15) is 5.10 Å². The number of benzene rings is 1. The van der Waals surface area contributed by atoms with E-state index in [1.807, 2.05) is 29.8 Å². The van der Waals surface area contributed by atoms with Crippen molar-refractivity contribution in [2.45, 2.75) is 32.4 Å². The van der Waals surface area contributed by atoms with E-state index in [4.69, 9.17) is 16.0 Å². The maximum Gasteiger partial charge on any atom is 0.287 e. The van der Waals surface area contributed by atoms with Gasteiger partial charge in [-0.25, -0.2) is 9.67 Å². The summed E-state index contributed by atoms with van der Waals surface area (Å²) in [7, 11) is 0. The molecule has 4 rings (SSSR count). The Hall–Kier alpha value is -2.60. The summed E-state index contributed by atoms with van der Waals surface area (Å²) in [6.07, 6.45) is 3.68. The van der Waals surface area contributed by atoms with Crippen LogP contribution in [-0.4, -0.2) is 20.7 Å². The van der Waals surface area contributed by atoms with Gasteiger partial charge >= 0.3 is 0 Å². The Kier molecular flexibility index (Phi) is 4.51. The molecular formula is C19H19ClN4O2. The fourth-order valence-electron chi connectivity index (χ4n) is 3.06. The molecule has 0 saturated heterocycles. The molecule has 0 aliphatic heterocycles. The Morgan fingerprint density at radius 3 is 2.88 bits per heavy atom. The van der Waals surface area contributed by atoms with E-state index in [9.17, 15) is 4.79 Å². The van der Waals surface area contributed by atoms with Gasteiger partial charge in [0.15, 0.2) is 5.76 Å². The van der Waals surface area contributed by atoms with Crippen LogP contribution in [0.3, 0.4) is 0 Å². The quantitative estimate of drug-likeness (QED) is 0.709. The molecule has 1 atom stereocenters. The Morgan fingerprint density at radius 1 is 1.35 bits per heavy atom. The van der Waals surface area contributed by atoms with Gasteiger partial charge < -0.3 is 9.73 Å². The highest BCUT2D eigenvalue weighted by atomic mass is 35.5. The lowest BCUT2D eigenvalue weighted by Crippen LogP contribution is -2.31.